The number of amides is 3. The number of hydrogen-bond donors (Lipinski definition) is 1. The first-order valence-corrected chi connectivity index (χ1v) is 12.1. The first-order chi connectivity index (χ1) is 18.1. The number of nitrogens with zero attached hydrogens (tertiary/aromatic N) is 1. The molecule has 198 valence electrons. The van der Waals surface area contributed by atoms with Gasteiger partial charge in [-0.2, -0.15) is 4.39 Å². The lowest BCUT2D eigenvalue weighted by Crippen LogP contribution is -2.31. The Balaban J connectivity index is 1.33. The zero-order valence-electron chi connectivity index (χ0n) is 20.2. The Morgan fingerprint density at radius 2 is 1.79 bits per heavy atom. The fraction of sp³-hybridized carbons (Fsp3) is 0.269. The molecule has 10 nitrogen and oxygen atoms in total. The summed E-state index contributed by atoms with van der Waals surface area (Å²) in [5.74, 6) is -2.92. The van der Waals surface area contributed by atoms with Crippen molar-refractivity contribution in [2.24, 2.45) is 0 Å². The van der Waals surface area contributed by atoms with Crippen molar-refractivity contribution in [1.29, 1.82) is 0 Å². The summed E-state index contributed by atoms with van der Waals surface area (Å²) >= 11 is 6.03. The zero-order chi connectivity index (χ0) is 27.4. The molecule has 0 saturated heterocycles. The molecule has 0 aliphatic carbocycles. The first-order valence-electron chi connectivity index (χ1n) is 11.7. The molecule has 3 heterocycles. The van der Waals surface area contributed by atoms with Crippen molar-refractivity contribution in [2.75, 3.05) is 13.1 Å². The number of benzene rings is 1. The van der Waals surface area contributed by atoms with Crippen LogP contribution in [0.25, 0.3) is 22.3 Å². The van der Waals surface area contributed by atoms with Gasteiger partial charge >= 0.3 is 11.6 Å². The summed E-state index contributed by atoms with van der Waals surface area (Å²) in [5, 5.41) is 2.72. The van der Waals surface area contributed by atoms with Crippen LogP contribution in [-0.4, -0.2) is 41.7 Å². The molecule has 1 aliphatic heterocycles. The minimum atomic E-state index is -1.09. The molecule has 3 aromatic rings. The Hall–Kier alpha value is -4.25. The van der Waals surface area contributed by atoms with Gasteiger partial charge in [0.2, 0.25) is 11.7 Å². The minimum Gasteiger partial charge on any atom is -0.460 e. The Morgan fingerprint density at radius 1 is 1.05 bits per heavy atom. The van der Waals surface area contributed by atoms with Crippen molar-refractivity contribution in [3.8, 4) is 17.1 Å². The van der Waals surface area contributed by atoms with E-state index in [9.17, 15) is 28.4 Å². The van der Waals surface area contributed by atoms with Crippen LogP contribution >= 0.6 is 11.6 Å². The molecule has 0 bridgehead atoms. The summed E-state index contributed by atoms with van der Waals surface area (Å²) in [4.78, 5) is 60.2. The highest BCUT2D eigenvalue weighted by molar-refractivity contribution is 6.33. The van der Waals surface area contributed by atoms with Gasteiger partial charge in [-0.15, -0.1) is 0 Å². The summed E-state index contributed by atoms with van der Waals surface area (Å²) in [6.45, 7) is 1.82. The summed E-state index contributed by atoms with van der Waals surface area (Å²) in [5.41, 5.74) is -1.34. The van der Waals surface area contributed by atoms with Crippen LogP contribution in [0.4, 0.5) is 4.39 Å². The highest BCUT2D eigenvalue weighted by atomic mass is 35.5. The van der Waals surface area contributed by atoms with Gasteiger partial charge < -0.3 is 18.9 Å². The van der Waals surface area contributed by atoms with Gasteiger partial charge in [0.05, 0.1) is 11.4 Å². The molecule has 3 amide bonds. The predicted molar refractivity (Wildman–Crippen MR) is 133 cm³/mol. The van der Waals surface area contributed by atoms with Gasteiger partial charge in [0.15, 0.2) is 11.3 Å². The van der Waals surface area contributed by atoms with Crippen molar-refractivity contribution in [3.05, 3.63) is 63.4 Å². The van der Waals surface area contributed by atoms with E-state index in [4.69, 9.17) is 25.2 Å². The number of halogens is 2. The molecule has 0 spiro atoms. The molecule has 0 saturated carbocycles. The zero-order valence-corrected chi connectivity index (χ0v) is 20.9. The molecule has 4 rings (SSSR count). The summed E-state index contributed by atoms with van der Waals surface area (Å²) in [6.07, 6.45) is 4.42. The van der Waals surface area contributed by atoms with E-state index in [1.807, 2.05) is 0 Å². The standard InChI is InChI=1S/C26H22ClFN2O8/c1-14(31)36-25-18(27)12-15-11-17(26(35)38-24(15)23(25)28)19-6-5-16(37-19)13-20(32)29-9-3-2-4-10-30-21(33)7-8-22(30)34/h5-8,11-12H,2-4,9-10,13H2,1H3,(H,29,32). The van der Waals surface area contributed by atoms with Gasteiger partial charge in [-0.1, -0.05) is 11.6 Å². The Morgan fingerprint density at radius 3 is 2.50 bits per heavy atom. The third kappa shape index (κ3) is 6.00. The Kier molecular flexibility index (Phi) is 8.06. The monoisotopic (exact) mass is 544 g/mol. The second-order valence-corrected chi connectivity index (χ2v) is 8.88. The van der Waals surface area contributed by atoms with Crippen LogP contribution in [0.1, 0.15) is 31.9 Å². The average molecular weight is 545 g/mol. The number of carbonyl (C=O) groups excluding carboxylic acids is 4. The van der Waals surface area contributed by atoms with E-state index in [2.05, 4.69) is 5.32 Å². The van der Waals surface area contributed by atoms with E-state index < -0.39 is 28.7 Å². The Bertz CT molecular complexity index is 1510. The minimum absolute atomic E-state index is 0.00923. The van der Waals surface area contributed by atoms with Gasteiger partial charge in [0.1, 0.15) is 17.1 Å². The van der Waals surface area contributed by atoms with Crippen LogP contribution in [0.3, 0.4) is 0 Å². The lowest BCUT2D eigenvalue weighted by Gasteiger charge is -2.13. The second kappa shape index (κ2) is 11.4. The summed E-state index contributed by atoms with van der Waals surface area (Å²) < 4.78 is 30.2. The fourth-order valence-electron chi connectivity index (χ4n) is 3.87. The number of rotatable bonds is 10. The fourth-order valence-corrected chi connectivity index (χ4v) is 4.11. The molecule has 0 radical (unpaired) electrons. The number of imide groups is 1. The van der Waals surface area contributed by atoms with Crippen LogP contribution in [-0.2, 0) is 25.6 Å². The number of nitrogens with one attached hydrogen (secondary N) is 1. The van der Waals surface area contributed by atoms with Crippen molar-refractivity contribution in [2.45, 2.75) is 32.6 Å². The smallest absolute Gasteiger partial charge is 0.347 e. The topological polar surface area (TPSA) is 136 Å². The maximum absolute atomic E-state index is 14.7. The number of hydrogen-bond acceptors (Lipinski definition) is 8. The van der Waals surface area contributed by atoms with E-state index >= 15 is 0 Å². The lowest BCUT2D eigenvalue weighted by molar-refractivity contribution is -0.137. The molecule has 1 aliphatic rings. The highest BCUT2D eigenvalue weighted by Gasteiger charge is 2.23. The van der Waals surface area contributed by atoms with Gasteiger partial charge in [0.25, 0.3) is 11.8 Å². The summed E-state index contributed by atoms with van der Waals surface area (Å²) in [6, 6.07) is 5.64. The van der Waals surface area contributed by atoms with Gasteiger partial charge in [-0.25, -0.2) is 4.79 Å². The normalized spacial score (nSPS) is 13.0. The molecule has 1 aromatic carbocycles. The maximum atomic E-state index is 14.7. The number of carbonyl (C=O) groups is 4. The molecule has 38 heavy (non-hydrogen) atoms. The SMILES string of the molecule is CC(=O)Oc1c(Cl)cc2cc(-c3ccc(CC(=O)NCCCCCN4C(=O)C=CC4=O)o3)c(=O)oc2c1F. The van der Waals surface area contributed by atoms with Crippen molar-refractivity contribution >= 4 is 46.3 Å². The van der Waals surface area contributed by atoms with Crippen LogP contribution in [0, 0.1) is 5.82 Å². The molecule has 2 aromatic heterocycles. The van der Waals surface area contributed by atoms with Gasteiger partial charge in [-0.3, -0.25) is 24.1 Å². The van der Waals surface area contributed by atoms with E-state index in [-0.39, 0.29) is 45.9 Å². The molecule has 0 unspecified atom stereocenters. The quantitative estimate of drug-likeness (QED) is 0.135. The number of esters is 1. The lowest BCUT2D eigenvalue weighted by atomic mass is 10.1. The van der Waals surface area contributed by atoms with E-state index in [0.717, 1.165) is 6.92 Å². The molecule has 12 heteroatoms. The average Bonchev–Trinajstić information content (AvgIpc) is 3.45. The van der Waals surface area contributed by atoms with Crippen LogP contribution in [0.5, 0.6) is 5.75 Å². The van der Waals surface area contributed by atoms with Crippen molar-refractivity contribution in [1.82, 2.24) is 10.2 Å². The highest BCUT2D eigenvalue weighted by Crippen LogP contribution is 2.35. The number of fused-ring (bicyclic) bond motifs is 1. The third-order valence-electron chi connectivity index (χ3n) is 5.66. The first kappa shape index (κ1) is 26.8. The molecular formula is C26H22ClFN2O8. The molecule has 0 fully saturated rings. The maximum Gasteiger partial charge on any atom is 0.347 e. The molecule has 0 atom stereocenters. The van der Waals surface area contributed by atoms with E-state index in [1.54, 1.807) is 0 Å². The van der Waals surface area contributed by atoms with E-state index in [1.165, 1.54) is 41.3 Å². The Labute approximate surface area is 220 Å². The van der Waals surface area contributed by atoms with Crippen molar-refractivity contribution < 1.29 is 37.1 Å². The van der Waals surface area contributed by atoms with Gasteiger partial charge in [0, 0.05) is 37.6 Å². The van der Waals surface area contributed by atoms with Crippen LogP contribution in [0.2, 0.25) is 5.02 Å². The van der Waals surface area contributed by atoms with Crippen LogP contribution < -0.4 is 15.7 Å². The number of ether oxygens (including phenoxy) is 1. The number of furan rings is 1. The predicted octanol–water partition coefficient (Wildman–Crippen LogP) is 3.52. The van der Waals surface area contributed by atoms with Crippen molar-refractivity contribution in [3.63, 3.8) is 0 Å². The second-order valence-electron chi connectivity index (χ2n) is 8.48. The van der Waals surface area contributed by atoms with E-state index in [0.29, 0.717) is 38.1 Å². The largest absolute Gasteiger partial charge is 0.460 e. The van der Waals surface area contributed by atoms with Crippen LogP contribution in [0.15, 0.2) is 50.0 Å². The number of unbranched alkanes of at least 4 members (excludes halogenated alkanes) is 2. The molecule has 1 N–H and O–H groups in total. The summed E-state index contributed by atoms with van der Waals surface area (Å²) in [7, 11) is 0. The third-order valence-corrected chi connectivity index (χ3v) is 5.94. The molecular weight excluding hydrogens is 523 g/mol. The van der Waals surface area contributed by atoms with Gasteiger partial charge in [-0.05, 0) is 43.5 Å².